The molecule has 1 aromatic rings. The number of hydrogen-bond acceptors (Lipinski definition) is 0. The molecular weight excluding hydrogens is 415 g/mol. The van der Waals surface area contributed by atoms with Crippen molar-refractivity contribution in [2.24, 2.45) is 0 Å². The molecule has 0 nitrogen and oxygen atoms in total. The van der Waals surface area contributed by atoms with E-state index in [4.69, 9.17) is 0 Å². The van der Waals surface area contributed by atoms with E-state index in [1.165, 1.54) is 43.0 Å². The van der Waals surface area contributed by atoms with Gasteiger partial charge in [0.25, 0.3) is 0 Å². The van der Waals surface area contributed by atoms with Gasteiger partial charge in [-0.2, -0.15) is 0 Å². The van der Waals surface area contributed by atoms with Gasteiger partial charge in [-0.3, -0.25) is 0 Å². The Labute approximate surface area is 138 Å². The van der Waals surface area contributed by atoms with E-state index >= 15 is 0 Å². The summed E-state index contributed by atoms with van der Waals surface area (Å²) in [6.45, 7) is 7.03. The summed E-state index contributed by atoms with van der Waals surface area (Å²) in [5.41, 5.74) is 0. The summed E-state index contributed by atoms with van der Waals surface area (Å²) >= 11 is 1.52. The number of unbranched alkanes of at least 4 members (excludes halogenated alkanes) is 3. The zero-order chi connectivity index (χ0) is 14.8. The van der Waals surface area contributed by atoms with Crippen molar-refractivity contribution in [2.75, 3.05) is 0 Å². The molecule has 20 heavy (non-hydrogen) atoms. The van der Waals surface area contributed by atoms with Gasteiger partial charge < -0.3 is 0 Å². The van der Waals surface area contributed by atoms with Crippen LogP contribution in [0.4, 0.5) is 0 Å². The van der Waals surface area contributed by atoms with Crippen LogP contribution in [0, 0.1) is 0 Å². The standard InChI is InChI=1S/C6H4Br.3C4H9.Sn/c7-6-4-2-1-3-5-6;3*1-3-4-2;/h1-2,4-5H;3*1,3-4H2,2H3;. The Balaban J connectivity index is 3.04. The molecule has 0 aliphatic carbocycles. The van der Waals surface area contributed by atoms with Crippen LogP contribution in [-0.2, 0) is 0 Å². The molecule has 0 unspecified atom stereocenters. The Morgan fingerprint density at radius 1 is 0.850 bits per heavy atom. The molecule has 2 heteroatoms. The van der Waals surface area contributed by atoms with Crippen molar-refractivity contribution in [1.82, 2.24) is 0 Å². The van der Waals surface area contributed by atoms with Crippen molar-refractivity contribution in [3.8, 4) is 0 Å². The minimum atomic E-state index is -2.17. The van der Waals surface area contributed by atoms with Crippen molar-refractivity contribution >= 4 is 37.9 Å². The molecular formula is C18H31BrSn. The molecule has 0 amide bonds. The van der Waals surface area contributed by atoms with Gasteiger partial charge in [-0.25, -0.2) is 0 Å². The van der Waals surface area contributed by atoms with E-state index < -0.39 is 18.4 Å². The second-order valence-electron chi connectivity index (χ2n) is 6.10. The SMILES string of the molecule is CCC[CH2][Sn]([CH2]CCC)([CH2]CCC)[c]1cccc(Br)c1. The predicted molar refractivity (Wildman–Crippen MR) is 98.7 cm³/mol. The van der Waals surface area contributed by atoms with Crippen LogP contribution in [0.15, 0.2) is 28.7 Å². The molecule has 0 aliphatic heterocycles. The van der Waals surface area contributed by atoms with Crippen molar-refractivity contribution in [3.63, 3.8) is 0 Å². The number of hydrogen-bond donors (Lipinski definition) is 0. The van der Waals surface area contributed by atoms with Crippen LogP contribution in [0.3, 0.4) is 0 Å². The Bertz CT molecular complexity index is 354. The predicted octanol–water partition coefficient (Wildman–Crippen LogP) is 6.51. The van der Waals surface area contributed by atoms with E-state index in [1.54, 1.807) is 16.9 Å². The molecule has 0 radical (unpaired) electrons. The molecule has 0 saturated heterocycles. The van der Waals surface area contributed by atoms with Crippen LogP contribution in [-0.4, -0.2) is 18.4 Å². The van der Waals surface area contributed by atoms with Crippen molar-refractivity contribution in [1.29, 1.82) is 0 Å². The second-order valence-corrected chi connectivity index (χ2v) is 20.3. The molecule has 0 saturated carbocycles. The Morgan fingerprint density at radius 3 is 1.75 bits per heavy atom. The summed E-state index contributed by atoms with van der Waals surface area (Å²) in [6.07, 6.45) is 8.38. The van der Waals surface area contributed by atoms with Gasteiger partial charge in [0.1, 0.15) is 0 Å². The zero-order valence-electron chi connectivity index (χ0n) is 13.6. The van der Waals surface area contributed by atoms with Crippen LogP contribution >= 0.6 is 15.9 Å². The molecule has 0 N–H and O–H groups in total. The van der Waals surface area contributed by atoms with E-state index in [0.717, 1.165) is 0 Å². The molecule has 1 rings (SSSR count). The maximum absolute atomic E-state index is 3.69. The molecule has 0 fully saturated rings. The number of halogens is 1. The normalized spacial score (nSPS) is 11.8. The van der Waals surface area contributed by atoms with Crippen LogP contribution < -0.4 is 3.58 Å². The van der Waals surface area contributed by atoms with Crippen molar-refractivity contribution < 1.29 is 0 Å². The van der Waals surface area contributed by atoms with Gasteiger partial charge in [0, 0.05) is 0 Å². The summed E-state index contributed by atoms with van der Waals surface area (Å²) in [5.74, 6) is 0. The molecule has 114 valence electrons. The van der Waals surface area contributed by atoms with Gasteiger partial charge in [-0.05, 0) is 0 Å². The Morgan fingerprint density at radius 2 is 1.35 bits per heavy atom. The van der Waals surface area contributed by atoms with Gasteiger partial charge in [-0.15, -0.1) is 0 Å². The third-order valence-corrected chi connectivity index (χ3v) is 20.6. The summed E-state index contributed by atoms with van der Waals surface area (Å²) in [5, 5.41) is 0. The summed E-state index contributed by atoms with van der Waals surface area (Å²) in [4.78, 5) is 0. The third kappa shape index (κ3) is 5.71. The fourth-order valence-corrected chi connectivity index (χ4v) is 20.2. The summed E-state index contributed by atoms with van der Waals surface area (Å²) in [7, 11) is 0. The fraction of sp³-hybridized carbons (Fsp3) is 0.667. The minimum absolute atomic E-state index is 1.28. The molecule has 0 atom stereocenters. The first-order valence-corrected chi connectivity index (χ1v) is 16.7. The molecule has 0 spiro atoms. The van der Waals surface area contributed by atoms with E-state index in [2.05, 4.69) is 61.0 Å². The monoisotopic (exact) mass is 446 g/mol. The van der Waals surface area contributed by atoms with E-state index in [0.29, 0.717) is 0 Å². The Kier molecular flexibility index (Phi) is 9.52. The first kappa shape index (κ1) is 18.5. The van der Waals surface area contributed by atoms with Gasteiger partial charge in [0.2, 0.25) is 0 Å². The third-order valence-electron chi connectivity index (χ3n) is 4.46. The van der Waals surface area contributed by atoms with Crippen molar-refractivity contribution in [2.45, 2.75) is 72.6 Å². The van der Waals surface area contributed by atoms with Gasteiger partial charge in [0.15, 0.2) is 0 Å². The summed E-state index contributed by atoms with van der Waals surface area (Å²) < 4.78 is 7.72. The molecule has 0 heterocycles. The van der Waals surface area contributed by atoms with Gasteiger partial charge in [0.05, 0.1) is 0 Å². The first-order chi connectivity index (χ1) is 9.68. The van der Waals surface area contributed by atoms with Crippen LogP contribution in [0.5, 0.6) is 0 Å². The topological polar surface area (TPSA) is 0 Å². The number of rotatable bonds is 10. The van der Waals surface area contributed by atoms with E-state index in [1.807, 2.05) is 0 Å². The van der Waals surface area contributed by atoms with Gasteiger partial charge >= 0.3 is 139 Å². The molecule has 0 bridgehead atoms. The van der Waals surface area contributed by atoms with Gasteiger partial charge in [-0.1, -0.05) is 0 Å². The van der Waals surface area contributed by atoms with Crippen LogP contribution in [0.25, 0.3) is 0 Å². The molecule has 1 aromatic carbocycles. The molecule has 0 aliphatic rings. The molecule has 0 aromatic heterocycles. The first-order valence-electron chi connectivity index (χ1n) is 8.44. The quantitative estimate of drug-likeness (QED) is 0.360. The van der Waals surface area contributed by atoms with E-state index in [9.17, 15) is 0 Å². The second kappa shape index (κ2) is 10.3. The Hall–Kier alpha value is 0.499. The van der Waals surface area contributed by atoms with Crippen molar-refractivity contribution in [3.05, 3.63) is 28.7 Å². The number of benzene rings is 1. The zero-order valence-corrected chi connectivity index (χ0v) is 18.0. The summed E-state index contributed by atoms with van der Waals surface area (Å²) in [6, 6.07) is 9.34. The average Bonchev–Trinajstić information content (AvgIpc) is 2.47. The fourth-order valence-electron chi connectivity index (χ4n) is 3.17. The average molecular weight is 446 g/mol. The van der Waals surface area contributed by atoms with E-state index in [-0.39, 0.29) is 0 Å². The van der Waals surface area contributed by atoms with Crippen LogP contribution in [0.1, 0.15) is 59.3 Å². The van der Waals surface area contributed by atoms with Crippen LogP contribution in [0.2, 0.25) is 13.3 Å². The maximum atomic E-state index is 3.69.